The van der Waals surface area contributed by atoms with E-state index in [0.29, 0.717) is 5.57 Å². The topological polar surface area (TPSA) is 177 Å². The molecule has 35 heavy (non-hydrogen) atoms. The molecule has 0 aromatic carbocycles. The summed E-state index contributed by atoms with van der Waals surface area (Å²) in [6, 6.07) is 2.13. The molecule has 2 amide bonds. The molecule has 16 heteroatoms. The molecule has 2 aromatic rings. The number of hydrogen-bond donors (Lipinski definition) is 3. The Morgan fingerprint density at radius 2 is 2.26 bits per heavy atom. The molecule has 2 aliphatic heterocycles. The maximum Gasteiger partial charge on any atom is 1.00 e. The molecule has 0 unspecified atom stereocenters. The Balaban J connectivity index is 0.00000228. The van der Waals surface area contributed by atoms with Crippen molar-refractivity contribution in [1.29, 1.82) is 0 Å². The second kappa shape index (κ2) is 11.4. The Morgan fingerprint density at radius 3 is 2.86 bits per heavy atom. The number of thioether (sulfide) groups is 2. The number of nitrogens with two attached hydrogens (primary N) is 1. The fourth-order valence-corrected chi connectivity index (χ4v) is 6.14. The van der Waals surface area contributed by atoms with E-state index < -0.39 is 29.2 Å². The van der Waals surface area contributed by atoms with E-state index in [4.69, 9.17) is 15.0 Å². The van der Waals surface area contributed by atoms with Crippen molar-refractivity contribution < 1.29 is 53.8 Å². The predicted molar refractivity (Wildman–Crippen MR) is 126 cm³/mol. The summed E-state index contributed by atoms with van der Waals surface area (Å²) in [6.07, 6.45) is 1.37. The van der Waals surface area contributed by atoms with E-state index in [1.807, 2.05) is 0 Å². The van der Waals surface area contributed by atoms with E-state index in [2.05, 4.69) is 15.5 Å². The normalized spacial score (nSPS) is 19.4. The number of hydrogen-bond acceptors (Lipinski definition) is 12. The van der Waals surface area contributed by atoms with Crippen LogP contribution >= 0.6 is 34.9 Å². The Labute approximate surface area is 224 Å². The molecule has 12 nitrogen and oxygen atoms in total. The first-order valence-corrected chi connectivity index (χ1v) is 12.5. The molecule has 2 atom stereocenters. The molecule has 0 spiro atoms. The van der Waals surface area contributed by atoms with Crippen LogP contribution in [0.1, 0.15) is 17.7 Å². The fraction of sp³-hybridized carbons (Fsp3) is 0.263. The monoisotopic (exact) mass is 531 g/mol. The number of nitrogen functional groups attached to an aromatic ring is 1. The van der Waals surface area contributed by atoms with Gasteiger partial charge in [0.15, 0.2) is 16.6 Å². The van der Waals surface area contributed by atoms with E-state index in [-0.39, 0.29) is 64.9 Å². The van der Waals surface area contributed by atoms with Gasteiger partial charge >= 0.3 is 24.8 Å². The van der Waals surface area contributed by atoms with Gasteiger partial charge in [0.25, 0.3) is 16.9 Å². The molecular weight excluding hydrogens is 513 g/mol. The number of furan rings is 1. The van der Waals surface area contributed by atoms with Crippen molar-refractivity contribution in [1.82, 2.24) is 15.2 Å². The number of nitrogens with one attached hydrogen (secondary N) is 1. The fourth-order valence-electron chi connectivity index (χ4n) is 3.31. The van der Waals surface area contributed by atoms with Crippen molar-refractivity contribution in [3.63, 3.8) is 0 Å². The maximum absolute atomic E-state index is 12.8. The third kappa shape index (κ3) is 5.44. The molecule has 4 heterocycles. The van der Waals surface area contributed by atoms with Gasteiger partial charge in [-0.1, -0.05) is 16.9 Å². The van der Waals surface area contributed by atoms with Crippen LogP contribution in [0.5, 0.6) is 0 Å². The van der Waals surface area contributed by atoms with Gasteiger partial charge in [0, 0.05) is 16.9 Å². The molecule has 180 valence electrons. The SMILES string of the molecule is CON=C(C(=O)N[C@@H]1C(=O)N2C(C(=O)O)=C(CSC(=O)c3ccco3)CS[C@H]12)c1csc(N)n1.[H-].[Li+]. The Bertz CT molecular complexity index is 1220. The minimum absolute atomic E-state index is 0. The second-order valence-corrected chi connectivity index (χ2v) is 9.81. The average molecular weight is 532 g/mol. The van der Waals surface area contributed by atoms with Crippen LogP contribution in [0.4, 0.5) is 5.13 Å². The number of thiazole rings is 1. The number of rotatable bonds is 8. The van der Waals surface area contributed by atoms with Crippen LogP contribution < -0.4 is 29.9 Å². The van der Waals surface area contributed by atoms with Gasteiger partial charge in [-0.15, -0.1) is 23.1 Å². The standard InChI is InChI=1S/C19H17N5O7S3.Li.H/c1-30-23-11(9-7-34-19(20)21-9)14(25)22-12-15(26)24-13(17(27)28)8(5-32-16(12)24)6-33-18(29)10-3-2-4-31-10;;/h2-4,7,12,16H,5-6H2,1H3,(H2,20,21)(H,22,25)(H,27,28);;/q;+1;-1/t12-,16-;;/m1../s1. The van der Waals surface area contributed by atoms with Crippen LogP contribution in [0.2, 0.25) is 0 Å². The third-order valence-corrected chi connectivity index (χ3v) is 7.77. The molecule has 4 rings (SSSR count). The summed E-state index contributed by atoms with van der Waals surface area (Å²) in [4.78, 5) is 59.6. The van der Waals surface area contributed by atoms with Crippen molar-refractivity contribution in [3.8, 4) is 0 Å². The summed E-state index contributed by atoms with van der Waals surface area (Å²) in [5, 5.41) is 16.8. The number of amides is 2. The maximum atomic E-state index is 12.8. The largest absolute Gasteiger partial charge is 1.00 e. The predicted octanol–water partition coefficient (Wildman–Crippen LogP) is -1.90. The number of nitrogens with zero attached hydrogens (tertiary/aromatic N) is 3. The summed E-state index contributed by atoms with van der Waals surface area (Å²) < 4.78 is 5.05. The molecular formula is C19H18LiN5O7S3. The number of aliphatic carboxylic acids is 1. The van der Waals surface area contributed by atoms with E-state index in [1.54, 1.807) is 6.07 Å². The van der Waals surface area contributed by atoms with Crippen molar-refractivity contribution in [3.05, 3.63) is 46.5 Å². The number of oxime groups is 1. The van der Waals surface area contributed by atoms with Crippen molar-refractivity contribution in [2.24, 2.45) is 5.16 Å². The summed E-state index contributed by atoms with van der Waals surface area (Å²) >= 11 is 3.29. The zero-order valence-electron chi connectivity index (χ0n) is 19.4. The molecule has 1 fully saturated rings. The van der Waals surface area contributed by atoms with Gasteiger partial charge in [0.2, 0.25) is 0 Å². The Morgan fingerprint density at radius 1 is 1.49 bits per heavy atom. The molecule has 0 saturated carbocycles. The zero-order chi connectivity index (χ0) is 24.4. The van der Waals surface area contributed by atoms with Gasteiger partial charge in [-0.05, 0) is 17.7 Å². The molecule has 0 radical (unpaired) electrons. The molecule has 4 N–H and O–H groups in total. The number of carboxylic acids is 1. The van der Waals surface area contributed by atoms with Crippen LogP contribution in [0.15, 0.2) is 44.6 Å². The number of carboxylic acid groups (broad SMARTS) is 1. The van der Waals surface area contributed by atoms with E-state index in [9.17, 15) is 24.3 Å². The van der Waals surface area contributed by atoms with Crippen molar-refractivity contribution >= 4 is 68.6 Å². The van der Waals surface area contributed by atoms with Crippen LogP contribution in [0, 0.1) is 0 Å². The summed E-state index contributed by atoms with van der Waals surface area (Å²) in [5.74, 6) is -2.08. The molecule has 2 aliphatic rings. The van der Waals surface area contributed by atoms with Crippen LogP contribution in [0.3, 0.4) is 0 Å². The minimum Gasteiger partial charge on any atom is -1.00 e. The van der Waals surface area contributed by atoms with Crippen molar-refractivity contribution in [2.45, 2.75) is 11.4 Å². The van der Waals surface area contributed by atoms with E-state index >= 15 is 0 Å². The van der Waals surface area contributed by atoms with Crippen LogP contribution in [-0.2, 0) is 19.2 Å². The number of aromatic nitrogens is 1. The molecule has 0 aliphatic carbocycles. The van der Waals surface area contributed by atoms with Gasteiger partial charge in [0.05, 0.1) is 6.26 Å². The first-order chi connectivity index (χ1) is 16.3. The van der Waals surface area contributed by atoms with Gasteiger partial charge in [-0.3, -0.25) is 19.3 Å². The number of β-lactam (4-membered cyclic amide) rings is 1. The molecule has 0 bridgehead atoms. The first kappa shape index (κ1) is 26.9. The average Bonchev–Trinajstić information content (AvgIpc) is 3.50. The minimum atomic E-state index is -1.29. The first-order valence-electron chi connectivity index (χ1n) is 9.55. The molecule has 2 aromatic heterocycles. The van der Waals surface area contributed by atoms with Gasteiger partial charge in [-0.25, -0.2) is 9.78 Å². The van der Waals surface area contributed by atoms with Gasteiger partial charge in [0.1, 0.15) is 29.9 Å². The number of carbonyl (C=O) groups is 4. The quantitative estimate of drug-likeness (QED) is 0.150. The summed E-state index contributed by atoms with van der Waals surface area (Å²) in [7, 11) is 1.26. The van der Waals surface area contributed by atoms with E-state index in [1.165, 1.54) is 36.6 Å². The number of fused-ring (bicyclic) bond motifs is 1. The molecule has 1 saturated heterocycles. The van der Waals surface area contributed by atoms with E-state index in [0.717, 1.165) is 28.0 Å². The summed E-state index contributed by atoms with van der Waals surface area (Å²) in [5.41, 5.74) is 5.89. The zero-order valence-corrected chi connectivity index (χ0v) is 20.9. The second-order valence-electron chi connectivity index (χ2n) is 6.87. The van der Waals surface area contributed by atoms with Crippen molar-refractivity contribution in [2.75, 3.05) is 24.3 Å². The Kier molecular flexibility index (Phi) is 8.73. The van der Waals surface area contributed by atoms with Crippen LogP contribution in [-0.4, -0.2) is 73.6 Å². The van der Waals surface area contributed by atoms with Gasteiger partial charge in [-0.2, -0.15) is 0 Å². The number of carbonyl (C=O) groups excluding carboxylic acids is 3. The Hall–Kier alpha value is -2.70. The van der Waals surface area contributed by atoms with Gasteiger partial charge < -0.3 is 26.8 Å². The summed E-state index contributed by atoms with van der Waals surface area (Å²) in [6.45, 7) is 0. The number of anilines is 1. The smallest absolute Gasteiger partial charge is 1.00 e. The third-order valence-electron chi connectivity index (χ3n) is 4.80. The van der Waals surface area contributed by atoms with Crippen LogP contribution in [0.25, 0.3) is 0 Å².